The Morgan fingerprint density at radius 1 is 1.24 bits per heavy atom. The van der Waals surface area contributed by atoms with Crippen LogP contribution < -0.4 is 4.90 Å². The minimum Gasteiger partial charge on any atom is -0.379 e. The Morgan fingerprint density at radius 2 is 2.03 bits per heavy atom. The predicted molar refractivity (Wildman–Crippen MR) is 119 cm³/mol. The van der Waals surface area contributed by atoms with Gasteiger partial charge in [0.25, 0.3) is 0 Å². The van der Waals surface area contributed by atoms with Gasteiger partial charge in [0, 0.05) is 26.2 Å². The minimum absolute atomic E-state index is 0.0547. The van der Waals surface area contributed by atoms with Gasteiger partial charge in [-0.2, -0.15) is 0 Å². The second-order valence-corrected chi connectivity index (χ2v) is 8.66. The summed E-state index contributed by atoms with van der Waals surface area (Å²) in [6, 6.07) is 13.8. The number of amides is 1. The molecule has 0 radical (unpaired) electrons. The third-order valence-electron chi connectivity index (χ3n) is 5.07. The molecular formula is C22H24ClN3O2S. The Morgan fingerprint density at radius 3 is 2.79 bits per heavy atom. The first kappa shape index (κ1) is 20.3. The monoisotopic (exact) mass is 429 g/mol. The largest absolute Gasteiger partial charge is 0.379 e. The van der Waals surface area contributed by atoms with E-state index in [2.05, 4.69) is 11.0 Å². The van der Waals surface area contributed by atoms with Crippen molar-refractivity contribution in [2.45, 2.75) is 13.3 Å². The quantitative estimate of drug-likeness (QED) is 0.590. The maximum Gasteiger partial charge on any atom is 0.233 e. The first-order chi connectivity index (χ1) is 14.1. The summed E-state index contributed by atoms with van der Waals surface area (Å²) >= 11 is 7.83. The molecule has 0 saturated carbocycles. The van der Waals surface area contributed by atoms with E-state index in [4.69, 9.17) is 21.3 Å². The molecule has 1 saturated heterocycles. The number of benzene rings is 2. The summed E-state index contributed by atoms with van der Waals surface area (Å²) in [5.41, 5.74) is 2.93. The molecule has 4 rings (SSSR count). The van der Waals surface area contributed by atoms with Crippen LogP contribution in [0.2, 0.25) is 5.02 Å². The average molecular weight is 430 g/mol. The topological polar surface area (TPSA) is 45.7 Å². The number of hydrogen-bond donors (Lipinski definition) is 0. The van der Waals surface area contributed by atoms with Crippen molar-refractivity contribution in [3.63, 3.8) is 0 Å². The number of halogens is 1. The normalized spacial score (nSPS) is 15.0. The highest BCUT2D eigenvalue weighted by Gasteiger charge is 2.22. The third kappa shape index (κ3) is 4.95. The fraction of sp³-hybridized carbons (Fsp3) is 0.364. The summed E-state index contributed by atoms with van der Waals surface area (Å²) in [4.78, 5) is 22.1. The van der Waals surface area contributed by atoms with Gasteiger partial charge < -0.3 is 4.74 Å². The molecule has 3 aromatic rings. The van der Waals surface area contributed by atoms with Crippen LogP contribution in [0.4, 0.5) is 5.13 Å². The highest BCUT2D eigenvalue weighted by Crippen LogP contribution is 2.33. The van der Waals surface area contributed by atoms with Crippen molar-refractivity contribution in [2.24, 2.45) is 0 Å². The molecule has 0 N–H and O–H groups in total. The Balaban J connectivity index is 1.58. The zero-order valence-corrected chi connectivity index (χ0v) is 18.0. The van der Waals surface area contributed by atoms with Crippen LogP contribution >= 0.6 is 22.9 Å². The number of nitrogens with zero attached hydrogens (tertiary/aromatic N) is 3. The zero-order chi connectivity index (χ0) is 20.2. The Kier molecular flexibility index (Phi) is 6.45. The number of aryl methyl sites for hydroxylation is 1. The summed E-state index contributed by atoms with van der Waals surface area (Å²) in [6.07, 6.45) is 0.356. The van der Waals surface area contributed by atoms with Crippen LogP contribution in [0.15, 0.2) is 42.5 Å². The number of anilines is 1. The Hall–Kier alpha value is -1.99. The molecule has 0 unspecified atom stereocenters. The van der Waals surface area contributed by atoms with Crippen LogP contribution in [0.3, 0.4) is 0 Å². The van der Waals surface area contributed by atoms with Crippen LogP contribution in [0.5, 0.6) is 0 Å². The summed E-state index contributed by atoms with van der Waals surface area (Å²) < 4.78 is 6.43. The molecule has 152 valence electrons. The molecule has 1 aliphatic rings. The van der Waals surface area contributed by atoms with Crippen molar-refractivity contribution in [3.8, 4) is 0 Å². The predicted octanol–water partition coefficient (Wildman–Crippen LogP) is 4.17. The molecule has 0 aliphatic carbocycles. The molecule has 1 aromatic heterocycles. The number of rotatable bonds is 6. The molecule has 0 bridgehead atoms. The van der Waals surface area contributed by atoms with Gasteiger partial charge in [-0.1, -0.05) is 58.8 Å². The lowest BCUT2D eigenvalue weighted by atomic mass is 10.1. The molecule has 1 amide bonds. The van der Waals surface area contributed by atoms with E-state index in [9.17, 15) is 4.79 Å². The molecule has 1 fully saturated rings. The van der Waals surface area contributed by atoms with E-state index < -0.39 is 0 Å². The maximum atomic E-state index is 13.3. The number of thiazole rings is 1. The van der Waals surface area contributed by atoms with Gasteiger partial charge in [-0.3, -0.25) is 14.6 Å². The van der Waals surface area contributed by atoms with E-state index in [1.165, 1.54) is 11.3 Å². The number of para-hydroxylation sites is 1. The fourth-order valence-electron chi connectivity index (χ4n) is 3.50. The molecule has 1 aliphatic heterocycles. The van der Waals surface area contributed by atoms with E-state index in [0.29, 0.717) is 23.1 Å². The van der Waals surface area contributed by atoms with Gasteiger partial charge in [-0.25, -0.2) is 4.98 Å². The lowest BCUT2D eigenvalue weighted by Crippen LogP contribution is -2.43. The number of ether oxygens (including phenoxy) is 1. The molecule has 29 heavy (non-hydrogen) atoms. The van der Waals surface area contributed by atoms with Gasteiger partial charge in [0.15, 0.2) is 5.13 Å². The second-order valence-electron chi connectivity index (χ2n) is 7.25. The highest BCUT2D eigenvalue weighted by atomic mass is 35.5. The SMILES string of the molecule is Cc1cccc(CC(=O)N(CCN2CCOCC2)c2nc3c(Cl)cccc3s2)c1. The van der Waals surface area contributed by atoms with Crippen molar-refractivity contribution < 1.29 is 9.53 Å². The Bertz CT molecular complexity index is 1000. The van der Waals surface area contributed by atoms with Gasteiger partial charge in [0.2, 0.25) is 5.91 Å². The second kappa shape index (κ2) is 9.22. The number of carbonyl (C=O) groups excluding carboxylic acids is 1. The van der Waals surface area contributed by atoms with Gasteiger partial charge >= 0.3 is 0 Å². The van der Waals surface area contributed by atoms with Gasteiger partial charge in [-0.05, 0) is 24.6 Å². The van der Waals surface area contributed by atoms with Crippen LogP contribution in [0.1, 0.15) is 11.1 Å². The summed E-state index contributed by atoms with van der Waals surface area (Å²) in [5.74, 6) is 0.0547. The van der Waals surface area contributed by atoms with Crippen molar-refractivity contribution in [1.82, 2.24) is 9.88 Å². The van der Waals surface area contributed by atoms with Gasteiger partial charge in [0.05, 0.1) is 29.4 Å². The number of morpholine rings is 1. The molecule has 0 spiro atoms. The third-order valence-corrected chi connectivity index (χ3v) is 6.42. The number of hydrogen-bond acceptors (Lipinski definition) is 5. The Labute approximate surface area is 179 Å². The molecular weight excluding hydrogens is 406 g/mol. The van der Waals surface area contributed by atoms with E-state index in [-0.39, 0.29) is 5.91 Å². The van der Waals surface area contributed by atoms with E-state index >= 15 is 0 Å². The van der Waals surface area contributed by atoms with Crippen LogP contribution in [0, 0.1) is 6.92 Å². The average Bonchev–Trinajstić information content (AvgIpc) is 3.14. The van der Waals surface area contributed by atoms with Crippen molar-refractivity contribution in [2.75, 3.05) is 44.3 Å². The molecule has 7 heteroatoms. The van der Waals surface area contributed by atoms with Gasteiger partial charge in [-0.15, -0.1) is 0 Å². The summed E-state index contributed by atoms with van der Waals surface area (Å²) in [5, 5.41) is 1.32. The molecule has 2 aromatic carbocycles. The standard InChI is InChI=1S/C22H24ClN3O2S/c1-16-4-2-5-17(14-16)15-20(27)26(9-8-25-10-12-28-13-11-25)22-24-21-18(23)6-3-7-19(21)29-22/h2-7,14H,8-13,15H2,1H3. The molecule has 0 atom stereocenters. The van der Waals surface area contributed by atoms with Gasteiger partial charge in [0.1, 0.15) is 5.52 Å². The van der Waals surface area contributed by atoms with E-state index in [0.717, 1.165) is 54.2 Å². The first-order valence-corrected chi connectivity index (χ1v) is 11.0. The van der Waals surface area contributed by atoms with Crippen LogP contribution in [-0.4, -0.2) is 55.2 Å². The van der Waals surface area contributed by atoms with Crippen LogP contribution in [0.25, 0.3) is 10.2 Å². The van der Waals surface area contributed by atoms with E-state index in [1.807, 2.05) is 48.2 Å². The molecule has 5 nitrogen and oxygen atoms in total. The zero-order valence-electron chi connectivity index (χ0n) is 16.4. The first-order valence-electron chi connectivity index (χ1n) is 9.81. The fourth-order valence-corrected chi connectivity index (χ4v) is 4.81. The minimum atomic E-state index is 0.0547. The van der Waals surface area contributed by atoms with Crippen molar-refractivity contribution in [3.05, 3.63) is 58.6 Å². The number of fused-ring (bicyclic) bond motifs is 1. The molecule has 2 heterocycles. The van der Waals surface area contributed by atoms with Crippen molar-refractivity contribution in [1.29, 1.82) is 0 Å². The summed E-state index contributed by atoms with van der Waals surface area (Å²) in [7, 11) is 0. The lowest BCUT2D eigenvalue weighted by Gasteiger charge is -2.29. The van der Waals surface area contributed by atoms with Crippen LogP contribution in [-0.2, 0) is 16.0 Å². The highest BCUT2D eigenvalue weighted by molar-refractivity contribution is 7.22. The number of carbonyl (C=O) groups is 1. The van der Waals surface area contributed by atoms with Crippen molar-refractivity contribution >= 4 is 44.2 Å². The van der Waals surface area contributed by atoms with E-state index in [1.54, 1.807) is 0 Å². The smallest absolute Gasteiger partial charge is 0.233 e. The lowest BCUT2D eigenvalue weighted by molar-refractivity contribution is -0.118. The maximum absolute atomic E-state index is 13.3. The number of aromatic nitrogens is 1. The summed E-state index contributed by atoms with van der Waals surface area (Å²) in [6.45, 7) is 6.72.